The van der Waals surface area contributed by atoms with E-state index < -0.39 is 0 Å². The Labute approximate surface area is 116 Å². The van der Waals surface area contributed by atoms with E-state index in [-0.39, 0.29) is 11.7 Å². The molecule has 100 valence electrons. The van der Waals surface area contributed by atoms with E-state index in [4.69, 9.17) is 0 Å². The van der Waals surface area contributed by atoms with Gasteiger partial charge in [-0.2, -0.15) is 0 Å². The number of hydrogen-bond donors (Lipinski definition) is 0. The van der Waals surface area contributed by atoms with Gasteiger partial charge in [-0.15, -0.1) is 0 Å². The van der Waals surface area contributed by atoms with Crippen LogP contribution in [0.3, 0.4) is 0 Å². The molecule has 0 N–H and O–H groups in total. The summed E-state index contributed by atoms with van der Waals surface area (Å²) in [5.41, 5.74) is 3.16. The molecule has 0 bridgehead atoms. The lowest BCUT2D eigenvalue weighted by Gasteiger charge is -2.12. The van der Waals surface area contributed by atoms with Crippen LogP contribution in [0.25, 0.3) is 0 Å². The van der Waals surface area contributed by atoms with Crippen molar-refractivity contribution in [3.8, 4) is 0 Å². The number of carbonyl (C=O) groups excluding carboxylic acids is 1. The fourth-order valence-electron chi connectivity index (χ4n) is 1.96. The average molecular weight is 254 g/mol. The summed E-state index contributed by atoms with van der Waals surface area (Å²) >= 11 is 0. The number of benzene rings is 1. The molecular formula is C18H22O. The van der Waals surface area contributed by atoms with Crippen molar-refractivity contribution in [1.82, 2.24) is 0 Å². The highest BCUT2D eigenvalue weighted by molar-refractivity contribution is 5.96. The summed E-state index contributed by atoms with van der Waals surface area (Å²) in [5, 5.41) is 0. The number of allylic oxidation sites excluding steroid dienone is 5. The highest BCUT2D eigenvalue weighted by atomic mass is 16.1. The van der Waals surface area contributed by atoms with E-state index >= 15 is 0 Å². The molecule has 1 rings (SSSR count). The third-order valence-electron chi connectivity index (χ3n) is 2.92. The maximum Gasteiger partial charge on any atom is 0.163 e. The van der Waals surface area contributed by atoms with Gasteiger partial charge in [0.25, 0.3) is 0 Å². The molecule has 1 atom stereocenters. The summed E-state index contributed by atoms with van der Waals surface area (Å²) in [4.78, 5) is 12.2. The molecule has 0 aliphatic rings. The Bertz CT molecular complexity index is 488. The molecule has 0 spiro atoms. The second-order valence-corrected chi connectivity index (χ2v) is 5.02. The molecule has 0 radical (unpaired) electrons. The van der Waals surface area contributed by atoms with E-state index in [0.29, 0.717) is 6.42 Å². The van der Waals surface area contributed by atoms with Crippen molar-refractivity contribution >= 4 is 5.78 Å². The van der Waals surface area contributed by atoms with E-state index in [1.165, 1.54) is 5.57 Å². The van der Waals surface area contributed by atoms with Crippen molar-refractivity contribution in [3.63, 3.8) is 0 Å². The van der Waals surface area contributed by atoms with Gasteiger partial charge in [0.05, 0.1) is 0 Å². The average Bonchev–Trinajstić information content (AvgIpc) is 2.38. The number of ketones is 1. The highest BCUT2D eigenvalue weighted by Gasteiger charge is 2.13. The second kappa shape index (κ2) is 7.52. The molecule has 0 aromatic heterocycles. The predicted molar refractivity (Wildman–Crippen MR) is 82.3 cm³/mol. The fourth-order valence-corrected chi connectivity index (χ4v) is 1.96. The van der Waals surface area contributed by atoms with Crippen LogP contribution in [-0.4, -0.2) is 5.78 Å². The maximum atomic E-state index is 12.2. The maximum absolute atomic E-state index is 12.2. The molecule has 1 heteroatoms. The summed E-state index contributed by atoms with van der Waals surface area (Å²) in [5.74, 6) is 0.380. The Kier molecular flexibility index (Phi) is 6.01. The molecule has 0 heterocycles. The van der Waals surface area contributed by atoms with Crippen molar-refractivity contribution < 1.29 is 4.79 Å². The minimum absolute atomic E-state index is 0.185. The molecule has 1 aromatic carbocycles. The van der Waals surface area contributed by atoms with Crippen molar-refractivity contribution in [2.45, 2.75) is 27.2 Å². The van der Waals surface area contributed by atoms with Crippen molar-refractivity contribution in [2.24, 2.45) is 5.92 Å². The molecule has 1 aromatic rings. The zero-order chi connectivity index (χ0) is 14.3. The van der Waals surface area contributed by atoms with Gasteiger partial charge in [0.1, 0.15) is 0 Å². The van der Waals surface area contributed by atoms with Gasteiger partial charge in [0.15, 0.2) is 5.78 Å². The molecule has 0 saturated heterocycles. The fraction of sp³-hybridized carbons (Fsp3) is 0.278. The molecule has 0 amide bonds. The van der Waals surface area contributed by atoms with Crippen molar-refractivity contribution in [2.75, 3.05) is 0 Å². The van der Waals surface area contributed by atoms with Gasteiger partial charge in [-0.25, -0.2) is 0 Å². The summed E-state index contributed by atoms with van der Waals surface area (Å²) in [6.45, 7) is 9.93. The van der Waals surface area contributed by atoms with Crippen molar-refractivity contribution in [3.05, 3.63) is 71.8 Å². The SMILES string of the molecule is C=C/C=C(\C=C(C)C)[C@@H](C)CC(=O)c1ccccc1. The minimum atomic E-state index is 0.185. The van der Waals surface area contributed by atoms with E-state index in [9.17, 15) is 4.79 Å². The lowest BCUT2D eigenvalue weighted by Crippen LogP contribution is -2.07. The van der Waals surface area contributed by atoms with Gasteiger partial charge in [-0.1, -0.05) is 67.6 Å². The molecule has 0 fully saturated rings. The lowest BCUT2D eigenvalue weighted by molar-refractivity contribution is 0.0970. The third kappa shape index (κ3) is 5.09. The van der Waals surface area contributed by atoms with Crippen LogP contribution in [0.2, 0.25) is 0 Å². The first-order chi connectivity index (χ1) is 9.04. The summed E-state index contributed by atoms with van der Waals surface area (Å²) < 4.78 is 0. The summed E-state index contributed by atoms with van der Waals surface area (Å²) in [6.07, 6.45) is 6.40. The van der Waals surface area contributed by atoms with Gasteiger partial charge in [0.2, 0.25) is 0 Å². The van der Waals surface area contributed by atoms with E-state index in [1.54, 1.807) is 6.08 Å². The van der Waals surface area contributed by atoms with Gasteiger partial charge in [-0.3, -0.25) is 4.79 Å². The van der Waals surface area contributed by atoms with Crippen LogP contribution in [0.4, 0.5) is 0 Å². The number of carbonyl (C=O) groups is 1. The van der Waals surface area contributed by atoms with Crippen molar-refractivity contribution in [1.29, 1.82) is 0 Å². The lowest BCUT2D eigenvalue weighted by atomic mass is 9.91. The Morgan fingerprint density at radius 2 is 1.89 bits per heavy atom. The molecule has 0 aliphatic carbocycles. The Morgan fingerprint density at radius 3 is 2.42 bits per heavy atom. The first-order valence-corrected chi connectivity index (χ1v) is 6.60. The zero-order valence-electron chi connectivity index (χ0n) is 12.0. The minimum Gasteiger partial charge on any atom is -0.294 e. The number of rotatable bonds is 6. The normalized spacial score (nSPS) is 12.7. The third-order valence-corrected chi connectivity index (χ3v) is 2.92. The van der Waals surface area contributed by atoms with Crippen LogP contribution in [0.5, 0.6) is 0 Å². The molecule has 0 unspecified atom stereocenters. The van der Waals surface area contributed by atoms with Crippen LogP contribution in [0, 0.1) is 5.92 Å². The summed E-state index contributed by atoms with van der Waals surface area (Å²) in [6, 6.07) is 9.45. The van der Waals surface area contributed by atoms with E-state index in [2.05, 4.69) is 33.4 Å². The zero-order valence-corrected chi connectivity index (χ0v) is 12.0. The van der Waals surface area contributed by atoms with Crippen LogP contribution in [0.15, 0.2) is 66.3 Å². The number of hydrogen-bond acceptors (Lipinski definition) is 1. The Morgan fingerprint density at radius 1 is 1.26 bits per heavy atom. The van der Waals surface area contributed by atoms with Gasteiger partial charge in [0, 0.05) is 12.0 Å². The predicted octanol–water partition coefficient (Wildman–Crippen LogP) is 4.97. The van der Waals surface area contributed by atoms with Crippen LogP contribution >= 0.6 is 0 Å². The molecule has 19 heavy (non-hydrogen) atoms. The quantitative estimate of drug-likeness (QED) is 0.517. The van der Waals surface area contributed by atoms with Gasteiger partial charge in [-0.05, 0) is 25.3 Å². The first kappa shape index (κ1) is 15.2. The van der Waals surface area contributed by atoms with Gasteiger partial charge < -0.3 is 0 Å². The summed E-state index contributed by atoms with van der Waals surface area (Å²) in [7, 11) is 0. The second-order valence-electron chi connectivity index (χ2n) is 5.02. The Balaban J connectivity index is 2.80. The van der Waals surface area contributed by atoms with Crippen LogP contribution in [0.1, 0.15) is 37.6 Å². The Hall–Kier alpha value is -1.89. The van der Waals surface area contributed by atoms with Crippen LogP contribution < -0.4 is 0 Å². The smallest absolute Gasteiger partial charge is 0.163 e. The molecule has 0 saturated carbocycles. The first-order valence-electron chi connectivity index (χ1n) is 6.60. The molecule has 1 nitrogen and oxygen atoms in total. The van der Waals surface area contributed by atoms with Crippen LogP contribution in [-0.2, 0) is 0 Å². The van der Waals surface area contributed by atoms with E-state index in [0.717, 1.165) is 11.1 Å². The molecule has 0 aliphatic heterocycles. The highest BCUT2D eigenvalue weighted by Crippen LogP contribution is 2.20. The largest absolute Gasteiger partial charge is 0.294 e. The monoisotopic (exact) mass is 254 g/mol. The van der Waals surface area contributed by atoms with Gasteiger partial charge >= 0.3 is 0 Å². The van der Waals surface area contributed by atoms with E-state index in [1.807, 2.05) is 36.4 Å². The topological polar surface area (TPSA) is 17.1 Å². The standard InChI is InChI=1S/C18H22O/c1-5-9-17(12-14(2)3)15(4)13-18(19)16-10-7-6-8-11-16/h5-12,15H,1,13H2,2-4H3/b17-9+/t15-/m0/s1. The molecular weight excluding hydrogens is 232 g/mol. The number of Topliss-reactive ketones (excluding diaryl/α,β-unsaturated/α-hetero) is 1.